The lowest BCUT2D eigenvalue weighted by molar-refractivity contribution is -0.131. The number of aromatic nitrogens is 4. The van der Waals surface area contributed by atoms with Gasteiger partial charge in [0.1, 0.15) is 5.75 Å². The molecule has 8 heteroatoms. The minimum Gasteiger partial charge on any atom is -0.427 e. The summed E-state index contributed by atoms with van der Waals surface area (Å²) in [5.74, 6) is 0.578. The number of esters is 1. The zero-order valence-electron chi connectivity index (χ0n) is 13.6. The largest absolute Gasteiger partial charge is 0.427 e. The van der Waals surface area contributed by atoms with Crippen LogP contribution in [0.3, 0.4) is 0 Å². The monoisotopic (exact) mass is 364 g/mol. The molecule has 0 aliphatic rings. The SMILES string of the molecule is CC(=O)Oc1ccc(/C=c2\sc3nc(-c4ccncc4)nn3c2=O)cc1. The smallest absolute Gasteiger partial charge is 0.308 e. The molecule has 0 amide bonds. The third-order valence-electron chi connectivity index (χ3n) is 3.56. The number of benzene rings is 1. The number of hydrogen-bond donors (Lipinski definition) is 0. The molecule has 0 saturated carbocycles. The van der Waals surface area contributed by atoms with Crippen LogP contribution in [0.1, 0.15) is 12.5 Å². The van der Waals surface area contributed by atoms with Crippen LogP contribution in [0.5, 0.6) is 5.75 Å². The Bertz CT molecular complexity index is 1200. The van der Waals surface area contributed by atoms with Crippen molar-refractivity contribution in [3.05, 3.63) is 69.2 Å². The lowest BCUT2D eigenvalue weighted by Crippen LogP contribution is -2.23. The number of hydrogen-bond acceptors (Lipinski definition) is 7. The van der Waals surface area contributed by atoms with Gasteiger partial charge in [-0.3, -0.25) is 14.6 Å². The highest BCUT2D eigenvalue weighted by Gasteiger charge is 2.11. The summed E-state index contributed by atoms with van der Waals surface area (Å²) in [6, 6.07) is 10.5. The van der Waals surface area contributed by atoms with Crippen LogP contribution in [-0.4, -0.2) is 25.6 Å². The molecular weight excluding hydrogens is 352 g/mol. The normalized spacial score (nSPS) is 11.8. The number of fused-ring (bicyclic) bond motifs is 1. The Morgan fingerprint density at radius 2 is 1.88 bits per heavy atom. The fourth-order valence-electron chi connectivity index (χ4n) is 2.41. The number of rotatable bonds is 3. The molecule has 1 aromatic carbocycles. The van der Waals surface area contributed by atoms with Gasteiger partial charge < -0.3 is 4.74 Å². The number of ether oxygens (including phenoxy) is 1. The van der Waals surface area contributed by atoms with Gasteiger partial charge in [-0.05, 0) is 35.9 Å². The van der Waals surface area contributed by atoms with Crippen molar-refractivity contribution in [1.29, 1.82) is 0 Å². The molecule has 128 valence electrons. The highest BCUT2D eigenvalue weighted by molar-refractivity contribution is 7.15. The lowest BCUT2D eigenvalue weighted by atomic mass is 10.2. The Kier molecular flexibility index (Phi) is 4.02. The topological polar surface area (TPSA) is 86.4 Å². The molecule has 3 aromatic heterocycles. The third kappa shape index (κ3) is 3.09. The molecule has 7 nitrogen and oxygen atoms in total. The van der Waals surface area contributed by atoms with E-state index in [2.05, 4.69) is 15.1 Å². The molecular formula is C18H12N4O3S. The van der Waals surface area contributed by atoms with E-state index in [0.717, 1.165) is 11.1 Å². The Morgan fingerprint density at radius 3 is 2.54 bits per heavy atom. The van der Waals surface area contributed by atoms with Crippen molar-refractivity contribution in [2.45, 2.75) is 6.92 Å². The Morgan fingerprint density at radius 1 is 1.15 bits per heavy atom. The molecule has 0 atom stereocenters. The van der Waals surface area contributed by atoms with Crippen molar-refractivity contribution < 1.29 is 9.53 Å². The summed E-state index contributed by atoms with van der Waals surface area (Å²) in [7, 11) is 0. The van der Waals surface area contributed by atoms with Crippen LogP contribution in [0, 0.1) is 0 Å². The van der Waals surface area contributed by atoms with E-state index in [-0.39, 0.29) is 11.5 Å². The quantitative estimate of drug-likeness (QED) is 0.406. The molecule has 0 bridgehead atoms. The minimum atomic E-state index is -0.376. The zero-order valence-corrected chi connectivity index (χ0v) is 14.4. The zero-order chi connectivity index (χ0) is 18.1. The molecule has 0 spiro atoms. The predicted molar refractivity (Wildman–Crippen MR) is 96.9 cm³/mol. The average molecular weight is 364 g/mol. The summed E-state index contributed by atoms with van der Waals surface area (Å²) >= 11 is 1.27. The van der Waals surface area contributed by atoms with Gasteiger partial charge in [-0.15, -0.1) is 5.10 Å². The third-order valence-corrected chi connectivity index (χ3v) is 4.52. The maximum atomic E-state index is 12.5. The molecule has 0 radical (unpaired) electrons. The second-order valence-corrected chi connectivity index (χ2v) is 6.45. The highest BCUT2D eigenvalue weighted by Crippen LogP contribution is 2.15. The van der Waals surface area contributed by atoms with Crippen molar-refractivity contribution in [2.75, 3.05) is 0 Å². The second-order valence-electron chi connectivity index (χ2n) is 5.44. The Hall–Kier alpha value is -3.39. The Balaban J connectivity index is 1.70. The van der Waals surface area contributed by atoms with Crippen LogP contribution in [-0.2, 0) is 4.79 Å². The average Bonchev–Trinajstić information content (AvgIpc) is 3.17. The van der Waals surface area contributed by atoms with Gasteiger partial charge >= 0.3 is 5.97 Å². The molecule has 0 fully saturated rings. The first-order valence-corrected chi connectivity index (χ1v) is 8.52. The fourth-order valence-corrected chi connectivity index (χ4v) is 3.31. The van der Waals surface area contributed by atoms with E-state index in [4.69, 9.17) is 4.74 Å². The summed E-state index contributed by atoms with van der Waals surface area (Å²) in [6.45, 7) is 1.35. The van der Waals surface area contributed by atoms with Crippen LogP contribution < -0.4 is 14.8 Å². The lowest BCUT2D eigenvalue weighted by Gasteiger charge is -2.00. The van der Waals surface area contributed by atoms with Gasteiger partial charge in [0.25, 0.3) is 5.56 Å². The maximum Gasteiger partial charge on any atom is 0.308 e. The van der Waals surface area contributed by atoms with Crippen molar-refractivity contribution >= 4 is 28.3 Å². The van der Waals surface area contributed by atoms with Gasteiger partial charge in [0.05, 0.1) is 4.53 Å². The summed E-state index contributed by atoms with van der Waals surface area (Å²) in [5, 5.41) is 4.29. The minimum absolute atomic E-state index is 0.220. The number of nitrogens with zero attached hydrogens (tertiary/aromatic N) is 4. The predicted octanol–water partition coefficient (Wildman–Crippen LogP) is 1.69. The standard InChI is InChI=1S/C18H12N4O3S/c1-11(23)25-14-4-2-12(3-5-14)10-15-17(24)22-18(26-15)20-16(21-22)13-6-8-19-9-7-13/h2-10H,1H3/b15-10-. The summed E-state index contributed by atoms with van der Waals surface area (Å²) in [6.07, 6.45) is 5.07. The van der Waals surface area contributed by atoms with Crippen molar-refractivity contribution in [2.24, 2.45) is 0 Å². The summed E-state index contributed by atoms with van der Waals surface area (Å²) in [4.78, 5) is 32.4. The number of carbonyl (C=O) groups excluding carboxylic acids is 1. The maximum absolute atomic E-state index is 12.5. The van der Waals surface area contributed by atoms with Gasteiger partial charge in [-0.1, -0.05) is 23.5 Å². The van der Waals surface area contributed by atoms with Crippen LogP contribution in [0.4, 0.5) is 0 Å². The van der Waals surface area contributed by atoms with Crippen LogP contribution in [0.25, 0.3) is 22.4 Å². The van der Waals surface area contributed by atoms with Gasteiger partial charge in [0.15, 0.2) is 5.82 Å². The molecule has 4 aromatic rings. The molecule has 0 N–H and O–H groups in total. The Labute approximate surface area is 151 Å². The van der Waals surface area contributed by atoms with Crippen LogP contribution in [0.15, 0.2) is 53.6 Å². The van der Waals surface area contributed by atoms with Crippen molar-refractivity contribution in [1.82, 2.24) is 19.6 Å². The van der Waals surface area contributed by atoms with E-state index in [1.165, 1.54) is 22.8 Å². The van der Waals surface area contributed by atoms with E-state index in [9.17, 15) is 9.59 Å². The molecule has 4 rings (SSSR count). The fraction of sp³-hybridized carbons (Fsp3) is 0.0556. The van der Waals surface area contributed by atoms with Crippen molar-refractivity contribution in [3.8, 4) is 17.1 Å². The number of thiazole rings is 1. The van der Waals surface area contributed by atoms with Crippen LogP contribution in [0.2, 0.25) is 0 Å². The summed E-state index contributed by atoms with van der Waals surface area (Å²) in [5.41, 5.74) is 1.40. The van der Waals surface area contributed by atoms with E-state index in [0.29, 0.717) is 21.1 Å². The number of pyridine rings is 1. The van der Waals surface area contributed by atoms with Gasteiger partial charge in [-0.25, -0.2) is 0 Å². The van der Waals surface area contributed by atoms with E-state index in [1.807, 2.05) is 0 Å². The van der Waals surface area contributed by atoms with Gasteiger partial charge in [-0.2, -0.15) is 9.50 Å². The van der Waals surface area contributed by atoms with E-state index >= 15 is 0 Å². The molecule has 0 aliphatic carbocycles. The van der Waals surface area contributed by atoms with E-state index < -0.39 is 0 Å². The molecule has 26 heavy (non-hydrogen) atoms. The van der Waals surface area contributed by atoms with Gasteiger partial charge in [0, 0.05) is 24.9 Å². The first kappa shape index (κ1) is 16.1. The van der Waals surface area contributed by atoms with Gasteiger partial charge in [0.2, 0.25) is 4.96 Å². The molecule has 0 unspecified atom stereocenters. The second kappa shape index (κ2) is 6.49. The first-order valence-electron chi connectivity index (χ1n) is 7.70. The van der Waals surface area contributed by atoms with E-state index in [1.54, 1.807) is 54.9 Å². The highest BCUT2D eigenvalue weighted by atomic mass is 32.1. The van der Waals surface area contributed by atoms with Crippen molar-refractivity contribution in [3.63, 3.8) is 0 Å². The molecule has 3 heterocycles. The first-order chi connectivity index (χ1) is 12.6. The molecule has 0 saturated heterocycles. The van der Waals surface area contributed by atoms with Crippen LogP contribution >= 0.6 is 11.3 Å². The number of carbonyl (C=O) groups is 1. The molecule has 0 aliphatic heterocycles. The summed E-state index contributed by atoms with van der Waals surface area (Å²) < 4.78 is 6.83.